The fourth-order valence-electron chi connectivity index (χ4n) is 2.12. The number of aryl methyl sites for hydroxylation is 1. The molecule has 1 amide bonds. The number of guanidine groups is 1. The molecule has 0 aromatic carbocycles. The predicted molar refractivity (Wildman–Crippen MR) is 111 cm³/mol. The third-order valence-corrected chi connectivity index (χ3v) is 3.26. The Bertz CT molecular complexity index is 565. The first-order valence-corrected chi connectivity index (χ1v) is 8.11. The second-order valence-electron chi connectivity index (χ2n) is 6.58. The molecule has 1 rings (SSSR count). The van der Waals surface area contributed by atoms with Gasteiger partial charge < -0.3 is 20.1 Å². The van der Waals surface area contributed by atoms with Gasteiger partial charge in [0, 0.05) is 38.1 Å². The van der Waals surface area contributed by atoms with Crippen molar-refractivity contribution in [3.8, 4) is 0 Å². The van der Waals surface area contributed by atoms with E-state index in [0.29, 0.717) is 17.5 Å². The van der Waals surface area contributed by atoms with Crippen LogP contribution in [0.25, 0.3) is 0 Å². The van der Waals surface area contributed by atoms with E-state index >= 15 is 0 Å². The highest BCUT2D eigenvalue weighted by Crippen LogP contribution is 2.14. The van der Waals surface area contributed by atoms with Crippen molar-refractivity contribution in [3.63, 3.8) is 0 Å². The minimum atomic E-state index is -0.253. The number of aromatic nitrogens is 1. The first kappa shape index (κ1) is 23.0. The van der Waals surface area contributed by atoms with Crippen molar-refractivity contribution in [2.24, 2.45) is 12.0 Å². The molecule has 24 heavy (non-hydrogen) atoms. The van der Waals surface area contributed by atoms with Gasteiger partial charge in [-0.2, -0.15) is 0 Å². The lowest BCUT2D eigenvalue weighted by molar-refractivity contribution is -0.121. The zero-order valence-corrected chi connectivity index (χ0v) is 18.4. The normalized spacial score (nSPS) is 11.7. The summed E-state index contributed by atoms with van der Waals surface area (Å²) in [6.07, 6.45) is 1.87. The Morgan fingerprint density at radius 1 is 1.42 bits per heavy atom. The van der Waals surface area contributed by atoms with Crippen LogP contribution in [0.2, 0.25) is 5.02 Å². The number of rotatable bonds is 5. The van der Waals surface area contributed by atoms with Crippen molar-refractivity contribution >= 4 is 47.4 Å². The monoisotopic (exact) mass is 469 g/mol. The number of carbonyl (C=O) groups excluding carboxylic acids is 1. The summed E-state index contributed by atoms with van der Waals surface area (Å²) in [5.74, 6) is 0.595. The highest BCUT2D eigenvalue weighted by molar-refractivity contribution is 14.0. The van der Waals surface area contributed by atoms with Gasteiger partial charge in [0.25, 0.3) is 0 Å². The Balaban J connectivity index is 0.00000529. The van der Waals surface area contributed by atoms with Crippen LogP contribution in [0.5, 0.6) is 0 Å². The number of halogens is 2. The summed E-state index contributed by atoms with van der Waals surface area (Å²) in [6.45, 7) is 9.32. The molecule has 0 aliphatic heterocycles. The lowest BCUT2D eigenvalue weighted by Gasteiger charge is -2.23. The molecule has 0 saturated carbocycles. The number of aliphatic imine (C=N–C) groups is 1. The van der Waals surface area contributed by atoms with Gasteiger partial charge in [-0.15, -0.1) is 24.0 Å². The van der Waals surface area contributed by atoms with Gasteiger partial charge in [-0.05, 0) is 33.8 Å². The van der Waals surface area contributed by atoms with Crippen LogP contribution in [0.1, 0.15) is 33.4 Å². The van der Waals surface area contributed by atoms with E-state index in [1.54, 1.807) is 0 Å². The average Bonchev–Trinajstić information content (AvgIpc) is 2.70. The summed E-state index contributed by atoms with van der Waals surface area (Å²) >= 11 is 6.02. The lowest BCUT2D eigenvalue weighted by Crippen LogP contribution is -2.43. The summed E-state index contributed by atoms with van der Waals surface area (Å²) in [7, 11) is 3.89. The highest BCUT2D eigenvalue weighted by atomic mass is 127. The molecule has 0 saturated heterocycles. The molecule has 2 N–H and O–H groups in total. The molecule has 8 heteroatoms. The Kier molecular flexibility index (Phi) is 9.72. The predicted octanol–water partition coefficient (Wildman–Crippen LogP) is 2.61. The minimum absolute atomic E-state index is 0. The summed E-state index contributed by atoms with van der Waals surface area (Å²) in [6, 6.07) is 1.92. The number of hydrogen-bond donors (Lipinski definition) is 2. The van der Waals surface area contributed by atoms with E-state index in [2.05, 4.69) is 15.6 Å². The van der Waals surface area contributed by atoms with Gasteiger partial charge in [-0.1, -0.05) is 11.6 Å². The number of amides is 1. The van der Waals surface area contributed by atoms with E-state index < -0.39 is 0 Å². The van der Waals surface area contributed by atoms with Crippen LogP contribution in [-0.4, -0.2) is 47.0 Å². The molecule has 1 aromatic rings. The molecule has 1 heterocycles. The van der Waals surface area contributed by atoms with Gasteiger partial charge in [0.05, 0.1) is 11.6 Å². The van der Waals surface area contributed by atoms with E-state index in [1.165, 1.54) is 0 Å². The van der Waals surface area contributed by atoms with E-state index in [9.17, 15) is 4.79 Å². The molecule has 0 aliphatic carbocycles. The fourth-order valence-corrected chi connectivity index (χ4v) is 2.39. The van der Waals surface area contributed by atoms with Gasteiger partial charge in [-0.25, -0.2) is 4.99 Å². The molecule has 0 atom stereocenters. The number of carbonyl (C=O) groups is 1. The van der Waals surface area contributed by atoms with Crippen molar-refractivity contribution < 1.29 is 4.79 Å². The van der Waals surface area contributed by atoms with E-state index in [4.69, 9.17) is 11.6 Å². The van der Waals surface area contributed by atoms with Crippen molar-refractivity contribution in [1.29, 1.82) is 0 Å². The molecule has 138 valence electrons. The molecule has 0 radical (unpaired) electrons. The maximum atomic E-state index is 11.9. The van der Waals surface area contributed by atoms with Crippen LogP contribution in [-0.2, 0) is 18.4 Å². The van der Waals surface area contributed by atoms with Crippen molar-refractivity contribution in [3.05, 3.63) is 23.0 Å². The van der Waals surface area contributed by atoms with E-state index in [0.717, 1.165) is 12.2 Å². The zero-order chi connectivity index (χ0) is 17.6. The Morgan fingerprint density at radius 3 is 2.50 bits per heavy atom. The molecular weight excluding hydrogens is 441 g/mol. The highest BCUT2D eigenvalue weighted by Gasteiger charge is 2.14. The third kappa shape index (κ3) is 8.23. The molecule has 0 spiro atoms. The smallest absolute Gasteiger partial charge is 0.242 e. The standard InChI is InChI=1S/C16H28ClN5O.HI/c1-7-18-15(19-9-14(23)20-16(2,3)4)22(6)11-13-8-12(17)10-21(13)5;/h8,10H,7,9,11H2,1-6H3,(H,18,19)(H,20,23);1H. The van der Waals surface area contributed by atoms with Gasteiger partial charge in [0.1, 0.15) is 6.54 Å². The summed E-state index contributed by atoms with van der Waals surface area (Å²) in [5, 5.41) is 6.82. The molecule has 0 bridgehead atoms. The van der Waals surface area contributed by atoms with Crippen molar-refractivity contribution in [2.75, 3.05) is 20.1 Å². The molecular formula is C16H29ClIN5O. The van der Waals surface area contributed by atoms with Gasteiger partial charge in [0.2, 0.25) is 5.91 Å². The first-order valence-electron chi connectivity index (χ1n) is 7.73. The quantitative estimate of drug-likeness (QED) is 0.396. The van der Waals surface area contributed by atoms with E-state index in [1.807, 2.05) is 63.5 Å². The van der Waals surface area contributed by atoms with Crippen molar-refractivity contribution in [1.82, 2.24) is 20.1 Å². The van der Waals surface area contributed by atoms with Crippen LogP contribution in [0.3, 0.4) is 0 Å². The Labute approximate surface area is 167 Å². The number of nitrogens with zero attached hydrogens (tertiary/aromatic N) is 3. The van der Waals surface area contributed by atoms with Crippen LogP contribution < -0.4 is 10.6 Å². The third-order valence-electron chi connectivity index (χ3n) is 3.06. The SMILES string of the molecule is CCNC(=NCC(=O)NC(C)(C)C)N(C)Cc1cc(Cl)cn1C.I. The topological polar surface area (TPSA) is 61.7 Å². The summed E-state index contributed by atoms with van der Waals surface area (Å²) < 4.78 is 1.98. The van der Waals surface area contributed by atoms with Crippen LogP contribution in [0.4, 0.5) is 0 Å². The molecule has 1 aromatic heterocycles. The van der Waals surface area contributed by atoms with Crippen LogP contribution in [0.15, 0.2) is 17.3 Å². The first-order chi connectivity index (χ1) is 10.6. The lowest BCUT2D eigenvalue weighted by atomic mass is 10.1. The molecule has 0 fully saturated rings. The number of hydrogen-bond acceptors (Lipinski definition) is 2. The number of nitrogens with one attached hydrogen (secondary N) is 2. The summed E-state index contributed by atoms with van der Waals surface area (Å²) in [4.78, 5) is 18.3. The second-order valence-corrected chi connectivity index (χ2v) is 7.02. The largest absolute Gasteiger partial charge is 0.357 e. The summed E-state index contributed by atoms with van der Waals surface area (Å²) in [5.41, 5.74) is 0.818. The fraction of sp³-hybridized carbons (Fsp3) is 0.625. The molecule has 6 nitrogen and oxygen atoms in total. The Hall–Kier alpha value is -0.960. The minimum Gasteiger partial charge on any atom is -0.357 e. The van der Waals surface area contributed by atoms with Gasteiger partial charge >= 0.3 is 0 Å². The van der Waals surface area contributed by atoms with Gasteiger partial charge in [0.15, 0.2) is 5.96 Å². The maximum Gasteiger partial charge on any atom is 0.242 e. The Morgan fingerprint density at radius 2 is 2.04 bits per heavy atom. The van der Waals surface area contributed by atoms with Crippen LogP contribution >= 0.6 is 35.6 Å². The molecule has 0 aliphatic rings. The maximum absolute atomic E-state index is 11.9. The van der Waals surface area contributed by atoms with Gasteiger partial charge in [-0.3, -0.25) is 4.79 Å². The van der Waals surface area contributed by atoms with E-state index in [-0.39, 0.29) is 42.0 Å². The second kappa shape index (κ2) is 10.1. The zero-order valence-electron chi connectivity index (χ0n) is 15.3. The van der Waals surface area contributed by atoms with Crippen molar-refractivity contribution in [2.45, 2.75) is 39.8 Å². The molecule has 0 unspecified atom stereocenters. The van der Waals surface area contributed by atoms with Crippen LogP contribution in [0, 0.1) is 0 Å². The average molecular weight is 470 g/mol.